The van der Waals surface area contributed by atoms with Crippen LogP contribution in [0.5, 0.6) is 11.5 Å². The van der Waals surface area contributed by atoms with Gasteiger partial charge in [-0.15, -0.1) is 5.10 Å². The van der Waals surface area contributed by atoms with Crippen molar-refractivity contribution >= 4 is 5.97 Å². The van der Waals surface area contributed by atoms with Crippen LogP contribution in [0.4, 0.5) is 0 Å². The number of methoxy groups -OCH3 is 1. The number of carbonyl (C=O) groups is 1. The molecule has 0 saturated heterocycles. The topological polar surface area (TPSA) is 86.3 Å². The van der Waals surface area contributed by atoms with Crippen molar-refractivity contribution in [2.24, 2.45) is 0 Å². The molecule has 1 heterocycles. The fraction of sp³-hybridized carbons (Fsp3) is 0.357. The number of aromatic amines is 1. The molecule has 7 nitrogen and oxygen atoms in total. The highest BCUT2D eigenvalue weighted by Crippen LogP contribution is 2.38. The van der Waals surface area contributed by atoms with Gasteiger partial charge < -0.3 is 14.2 Å². The van der Waals surface area contributed by atoms with Crippen molar-refractivity contribution in [1.29, 1.82) is 0 Å². The normalized spacial score (nSPS) is 10.2. The highest BCUT2D eigenvalue weighted by atomic mass is 16.5. The Labute approximate surface area is 122 Å². The maximum Gasteiger partial charge on any atom is 0.361 e. The summed E-state index contributed by atoms with van der Waals surface area (Å²) in [5.41, 5.74) is 1.11. The third kappa shape index (κ3) is 2.96. The number of rotatable bonds is 6. The molecule has 0 radical (unpaired) electrons. The smallest absolute Gasteiger partial charge is 0.361 e. The molecular weight excluding hydrogens is 274 g/mol. The van der Waals surface area contributed by atoms with Crippen molar-refractivity contribution in [2.45, 2.75) is 13.8 Å². The van der Waals surface area contributed by atoms with Crippen LogP contribution in [-0.2, 0) is 4.74 Å². The van der Waals surface area contributed by atoms with Gasteiger partial charge in [0, 0.05) is 0 Å². The Morgan fingerprint density at radius 3 is 2.71 bits per heavy atom. The number of H-pyrrole nitrogens is 1. The molecule has 0 aliphatic heterocycles. The standard InChI is InChI=1S/C14H17N3O4/c1-4-20-13-9(7-6-8-10(13)19-3)11-12(16-17-15-11)14(18)21-5-2/h6-8H,4-5H2,1-3H3,(H,15,16,17). The zero-order valence-electron chi connectivity index (χ0n) is 12.2. The van der Waals surface area contributed by atoms with Gasteiger partial charge in [-0.05, 0) is 26.0 Å². The second-order valence-electron chi connectivity index (χ2n) is 4.01. The Balaban J connectivity index is 2.52. The van der Waals surface area contributed by atoms with Crippen LogP contribution in [0, 0.1) is 0 Å². The number of para-hydroxylation sites is 1. The molecule has 112 valence electrons. The number of benzene rings is 1. The Kier molecular flexibility index (Phi) is 4.76. The molecule has 0 saturated carbocycles. The fourth-order valence-corrected chi connectivity index (χ4v) is 1.92. The molecule has 2 aromatic rings. The molecule has 1 aromatic heterocycles. The van der Waals surface area contributed by atoms with E-state index >= 15 is 0 Å². The van der Waals surface area contributed by atoms with E-state index < -0.39 is 5.97 Å². The quantitative estimate of drug-likeness (QED) is 0.820. The van der Waals surface area contributed by atoms with Crippen molar-refractivity contribution in [3.63, 3.8) is 0 Å². The number of carbonyl (C=O) groups excluding carboxylic acids is 1. The van der Waals surface area contributed by atoms with Crippen molar-refractivity contribution in [2.75, 3.05) is 20.3 Å². The Hall–Kier alpha value is -2.57. The molecule has 2 rings (SSSR count). The lowest BCUT2D eigenvalue weighted by Gasteiger charge is -2.13. The van der Waals surface area contributed by atoms with Gasteiger partial charge >= 0.3 is 5.97 Å². The number of aromatic nitrogens is 3. The first-order chi connectivity index (χ1) is 10.2. The van der Waals surface area contributed by atoms with E-state index in [1.54, 1.807) is 32.2 Å². The zero-order valence-corrected chi connectivity index (χ0v) is 12.2. The molecule has 7 heteroatoms. The summed E-state index contributed by atoms with van der Waals surface area (Å²) in [6, 6.07) is 5.35. The predicted molar refractivity (Wildman–Crippen MR) is 75.5 cm³/mol. The summed E-state index contributed by atoms with van der Waals surface area (Å²) in [5, 5.41) is 10.3. The number of hydrogen-bond donors (Lipinski definition) is 1. The molecule has 0 unspecified atom stereocenters. The van der Waals surface area contributed by atoms with E-state index in [9.17, 15) is 4.79 Å². The first kappa shape index (κ1) is 14.8. The van der Waals surface area contributed by atoms with E-state index in [1.165, 1.54) is 0 Å². The van der Waals surface area contributed by atoms with E-state index in [2.05, 4.69) is 15.4 Å². The second-order valence-corrected chi connectivity index (χ2v) is 4.01. The van der Waals surface area contributed by atoms with E-state index in [0.717, 1.165) is 0 Å². The average Bonchev–Trinajstić information content (AvgIpc) is 2.97. The third-order valence-electron chi connectivity index (χ3n) is 2.76. The largest absolute Gasteiger partial charge is 0.493 e. The third-order valence-corrected chi connectivity index (χ3v) is 2.76. The Bertz CT molecular complexity index is 624. The maximum atomic E-state index is 11.9. The zero-order chi connectivity index (χ0) is 15.2. The molecular formula is C14H17N3O4. The van der Waals surface area contributed by atoms with Crippen LogP contribution in [0.1, 0.15) is 24.3 Å². The van der Waals surface area contributed by atoms with Gasteiger partial charge in [0.05, 0.1) is 25.9 Å². The summed E-state index contributed by atoms with van der Waals surface area (Å²) in [6.07, 6.45) is 0. The number of hydrogen-bond acceptors (Lipinski definition) is 6. The van der Waals surface area contributed by atoms with Crippen LogP contribution in [0.25, 0.3) is 11.3 Å². The van der Waals surface area contributed by atoms with Crippen molar-refractivity contribution in [1.82, 2.24) is 15.4 Å². The molecule has 0 atom stereocenters. The molecule has 0 fully saturated rings. The molecule has 1 N–H and O–H groups in total. The van der Waals surface area contributed by atoms with Gasteiger partial charge in [0.15, 0.2) is 17.2 Å². The molecule has 21 heavy (non-hydrogen) atoms. The fourth-order valence-electron chi connectivity index (χ4n) is 1.92. The molecule has 0 amide bonds. The Morgan fingerprint density at radius 2 is 2.05 bits per heavy atom. The number of nitrogens with one attached hydrogen (secondary N) is 1. The van der Waals surface area contributed by atoms with E-state index in [1.807, 2.05) is 6.92 Å². The van der Waals surface area contributed by atoms with Crippen LogP contribution >= 0.6 is 0 Å². The van der Waals surface area contributed by atoms with Gasteiger partial charge in [-0.3, -0.25) is 0 Å². The summed E-state index contributed by atoms with van der Waals surface area (Å²) >= 11 is 0. The van der Waals surface area contributed by atoms with E-state index in [4.69, 9.17) is 14.2 Å². The lowest BCUT2D eigenvalue weighted by Crippen LogP contribution is -2.07. The highest BCUT2D eigenvalue weighted by Gasteiger charge is 2.23. The van der Waals surface area contributed by atoms with Crippen LogP contribution in [-0.4, -0.2) is 41.7 Å². The number of esters is 1. The van der Waals surface area contributed by atoms with Crippen molar-refractivity contribution in [3.05, 3.63) is 23.9 Å². The lowest BCUT2D eigenvalue weighted by molar-refractivity contribution is 0.0520. The van der Waals surface area contributed by atoms with Crippen LogP contribution in [0.2, 0.25) is 0 Å². The van der Waals surface area contributed by atoms with Crippen LogP contribution in [0.3, 0.4) is 0 Å². The van der Waals surface area contributed by atoms with Crippen molar-refractivity contribution < 1.29 is 19.0 Å². The van der Waals surface area contributed by atoms with Gasteiger partial charge in [-0.1, -0.05) is 6.07 Å². The van der Waals surface area contributed by atoms with Gasteiger partial charge in [-0.25, -0.2) is 4.79 Å². The first-order valence-electron chi connectivity index (χ1n) is 6.60. The monoisotopic (exact) mass is 291 g/mol. The summed E-state index contributed by atoms with van der Waals surface area (Å²) in [5.74, 6) is 0.542. The summed E-state index contributed by atoms with van der Waals surface area (Å²) in [4.78, 5) is 11.9. The first-order valence-corrected chi connectivity index (χ1v) is 6.60. The molecule has 1 aromatic carbocycles. The average molecular weight is 291 g/mol. The van der Waals surface area contributed by atoms with Gasteiger partial charge in [-0.2, -0.15) is 10.3 Å². The second kappa shape index (κ2) is 6.74. The van der Waals surface area contributed by atoms with Gasteiger partial charge in [0.1, 0.15) is 5.69 Å². The minimum atomic E-state index is -0.536. The van der Waals surface area contributed by atoms with Crippen molar-refractivity contribution in [3.8, 4) is 22.8 Å². The predicted octanol–water partition coefficient (Wildman–Crippen LogP) is 2.06. The number of ether oxygens (including phenoxy) is 3. The lowest BCUT2D eigenvalue weighted by atomic mass is 10.1. The van der Waals surface area contributed by atoms with Crippen LogP contribution < -0.4 is 9.47 Å². The highest BCUT2D eigenvalue weighted by molar-refractivity contribution is 5.95. The molecule has 0 bridgehead atoms. The molecule has 0 aliphatic rings. The van der Waals surface area contributed by atoms with E-state index in [0.29, 0.717) is 29.4 Å². The van der Waals surface area contributed by atoms with Crippen LogP contribution in [0.15, 0.2) is 18.2 Å². The Morgan fingerprint density at radius 1 is 1.24 bits per heavy atom. The SMILES string of the molecule is CCOC(=O)c1n[nH]nc1-c1cccc(OC)c1OCC. The number of nitrogens with zero attached hydrogens (tertiary/aromatic N) is 2. The minimum absolute atomic E-state index is 0.117. The maximum absolute atomic E-state index is 11.9. The molecule has 0 aliphatic carbocycles. The summed E-state index contributed by atoms with van der Waals surface area (Å²) in [7, 11) is 1.55. The molecule has 0 spiro atoms. The minimum Gasteiger partial charge on any atom is -0.493 e. The van der Waals surface area contributed by atoms with E-state index in [-0.39, 0.29) is 12.3 Å². The summed E-state index contributed by atoms with van der Waals surface area (Å²) < 4.78 is 15.9. The summed E-state index contributed by atoms with van der Waals surface area (Å²) in [6.45, 7) is 4.32. The van der Waals surface area contributed by atoms with Gasteiger partial charge in [0.2, 0.25) is 0 Å². The van der Waals surface area contributed by atoms with Gasteiger partial charge in [0.25, 0.3) is 0 Å².